The number of epoxide rings is 1. The zero-order valence-electron chi connectivity index (χ0n) is 9.67. The van der Waals surface area contributed by atoms with Crippen LogP contribution in [0.25, 0.3) is 0 Å². The summed E-state index contributed by atoms with van der Waals surface area (Å²) in [6.45, 7) is 2.81. The van der Waals surface area contributed by atoms with Crippen molar-refractivity contribution in [3.05, 3.63) is 12.2 Å². The highest BCUT2D eigenvalue weighted by Crippen LogP contribution is 2.30. The quantitative estimate of drug-likeness (QED) is 0.447. The van der Waals surface area contributed by atoms with Crippen molar-refractivity contribution in [3.8, 4) is 0 Å². The molecule has 1 saturated heterocycles. The summed E-state index contributed by atoms with van der Waals surface area (Å²) in [6, 6.07) is 0. The lowest BCUT2D eigenvalue weighted by molar-refractivity contribution is -0.157. The number of carbonyl (C=O) groups excluding carboxylic acids is 1. The van der Waals surface area contributed by atoms with Gasteiger partial charge in [0.2, 0.25) is 0 Å². The minimum Gasteiger partial charge on any atom is -0.481 e. The monoisotopic (exact) mass is 240 g/mol. The molecule has 1 aliphatic carbocycles. The van der Waals surface area contributed by atoms with Crippen LogP contribution in [0.15, 0.2) is 12.2 Å². The summed E-state index contributed by atoms with van der Waals surface area (Å²) in [5, 5.41) is 9.05. The van der Waals surface area contributed by atoms with E-state index < -0.39 is 23.8 Å². The van der Waals surface area contributed by atoms with E-state index in [1.54, 1.807) is 6.08 Å². The van der Waals surface area contributed by atoms with Crippen LogP contribution in [0.5, 0.6) is 0 Å². The van der Waals surface area contributed by atoms with Crippen molar-refractivity contribution in [1.29, 1.82) is 0 Å². The minimum absolute atomic E-state index is 0.0128. The van der Waals surface area contributed by atoms with Gasteiger partial charge >= 0.3 is 11.9 Å². The molecule has 1 N–H and O–H groups in total. The average molecular weight is 240 g/mol. The van der Waals surface area contributed by atoms with Gasteiger partial charge < -0.3 is 14.6 Å². The molecule has 0 radical (unpaired) electrons. The van der Waals surface area contributed by atoms with E-state index >= 15 is 0 Å². The van der Waals surface area contributed by atoms with E-state index in [0.717, 1.165) is 0 Å². The molecular formula is C12H16O5. The number of allylic oxidation sites excluding steroid dienone is 1. The number of ether oxygens (including phenoxy) is 2. The van der Waals surface area contributed by atoms with Crippen LogP contribution >= 0.6 is 0 Å². The Hall–Kier alpha value is -1.36. The molecule has 4 unspecified atom stereocenters. The first-order chi connectivity index (χ1) is 8.08. The maximum Gasteiger partial charge on any atom is 0.311 e. The Morgan fingerprint density at radius 2 is 2.18 bits per heavy atom. The number of hydrogen-bond acceptors (Lipinski definition) is 4. The van der Waals surface area contributed by atoms with Crippen LogP contribution in [0.3, 0.4) is 0 Å². The SMILES string of the molecule is CC1C=CC(C(=O)O)C(C(=O)OCC2CO2)C1. The third-order valence-electron chi connectivity index (χ3n) is 3.11. The highest BCUT2D eigenvalue weighted by Gasteiger charge is 2.37. The van der Waals surface area contributed by atoms with Gasteiger partial charge in [-0.3, -0.25) is 9.59 Å². The largest absolute Gasteiger partial charge is 0.481 e. The van der Waals surface area contributed by atoms with Crippen molar-refractivity contribution in [1.82, 2.24) is 0 Å². The molecule has 2 aliphatic rings. The molecule has 0 aromatic heterocycles. The van der Waals surface area contributed by atoms with Crippen LogP contribution in [-0.4, -0.2) is 36.4 Å². The van der Waals surface area contributed by atoms with Crippen LogP contribution in [-0.2, 0) is 19.1 Å². The molecule has 1 aliphatic heterocycles. The number of aliphatic carboxylic acids is 1. The van der Waals surface area contributed by atoms with E-state index in [1.807, 2.05) is 13.0 Å². The molecular weight excluding hydrogens is 224 g/mol. The number of carboxylic acids is 1. The smallest absolute Gasteiger partial charge is 0.311 e. The van der Waals surface area contributed by atoms with Gasteiger partial charge in [-0.1, -0.05) is 19.1 Å². The lowest BCUT2D eigenvalue weighted by Crippen LogP contribution is -2.34. The first kappa shape index (κ1) is 12.1. The average Bonchev–Trinajstić information content (AvgIpc) is 3.09. The number of carbonyl (C=O) groups is 2. The van der Waals surface area contributed by atoms with Crippen molar-refractivity contribution < 1.29 is 24.2 Å². The molecule has 0 bridgehead atoms. The predicted molar refractivity (Wildman–Crippen MR) is 58.2 cm³/mol. The van der Waals surface area contributed by atoms with E-state index in [1.165, 1.54) is 0 Å². The Morgan fingerprint density at radius 1 is 1.47 bits per heavy atom. The molecule has 94 valence electrons. The summed E-state index contributed by atoms with van der Waals surface area (Å²) in [4.78, 5) is 22.9. The summed E-state index contributed by atoms with van der Waals surface area (Å²) in [7, 11) is 0. The van der Waals surface area contributed by atoms with Gasteiger partial charge in [-0.25, -0.2) is 0 Å². The maximum atomic E-state index is 11.8. The zero-order chi connectivity index (χ0) is 12.4. The van der Waals surface area contributed by atoms with Crippen LogP contribution in [0, 0.1) is 17.8 Å². The highest BCUT2D eigenvalue weighted by molar-refractivity contribution is 5.82. The van der Waals surface area contributed by atoms with Gasteiger partial charge in [-0.2, -0.15) is 0 Å². The third kappa shape index (κ3) is 3.06. The molecule has 5 heteroatoms. The van der Waals surface area contributed by atoms with Crippen molar-refractivity contribution in [2.24, 2.45) is 17.8 Å². The number of hydrogen-bond donors (Lipinski definition) is 1. The summed E-state index contributed by atoms with van der Waals surface area (Å²) >= 11 is 0. The molecule has 0 amide bonds. The van der Waals surface area contributed by atoms with Crippen LogP contribution in [0.2, 0.25) is 0 Å². The van der Waals surface area contributed by atoms with Crippen LogP contribution < -0.4 is 0 Å². The van der Waals surface area contributed by atoms with Crippen molar-refractivity contribution in [3.63, 3.8) is 0 Å². The Morgan fingerprint density at radius 3 is 2.76 bits per heavy atom. The van der Waals surface area contributed by atoms with Crippen LogP contribution in [0.1, 0.15) is 13.3 Å². The third-order valence-corrected chi connectivity index (χ3v) is 3.11. The minimum atomic E-state index is -0.974. The number of esters is 1. The van der Waals surface area contributed by atoms with E-state index in [0.29, 0.717) is 13.0 Å². The zero-order valence-corrected chi connectivity index (χ0v) is 9.67. The van der Waals surface area contributed by atoms with Crippen molar-refractivity contribution in [2.75, 3.05) is 13.2 Å². The lowest BCUT2D eigenvalue weighted by atomic mass is 9.79. The number of carboxylic acid groups (broad SMARTS) is 1. The summed E-state index contributed by atoms with van der Waals surface area (Å²) in [6.07, 6.45) is 3.97. The first-order valence-electron chi connectivity index (χ1n) is 5.77. The first-order valence-corrected chi connectivity index (χ1v) is 5.77. The molecule has 0 aromatic carbocycles. The van der Waals surface area contributed by atoms with Gasteiger partial charge in [-0.05, 0) is 12.3 Å². The topological polar surface area (TPSA) is 76.1 Å². The van der Waals surface area contributed by atoms with Gasteiger partial charge in [0, 0.05) is 0 Å². The van der Waals surface area contributed by atoms with Crippen LogP contribution in [0.4, 0.5) is 0 Å². The lowest BCUT2D eigenvalue weighted by Gasteiger charge is -2.26. The Bertz CT molecular complexity index is 345. The van der Waals surface area contributed by atoms with E-state index in [9.17, 15) is 9.59 Å². The molecule has 1 fully saturated rings. The normalized spacial score (nSPS) is 35.4. The fourth-order valence-electron chi connectivity index (χ4n) is 2.01. The predicted octanol–water partition coefficient (Wildman–Crippen LogP) is 0.841. The number of rotatable bonds is 4. The molecule has 1 heterocycles. The highest BCUT2D eigenvalue weighted by atomic mass is 16.6. The summed E-state index contributed by atoms with van der Waals surface area (Å²) in [5.74, 6) is -2.53. The van der Waals surface area contributed by atoms with Gasteiger partial charge in [0.15, 0.2) is 0 Å². The molecule has 0 saturated carbocycles. The fourth-order valence-corrected chi connectivity index (χ4v) is 2.01. The van der Waals surface area contributed by atoms with E-state index in [-0.39, 0.29) is 18.6 Å². The molecule has 5 nitrogen and oxygen atoms in total. The summed E-state index contributed by atoms with van der Waals surface area (Å²) in [5.41, 5.74) is 0. The van der Waals surface area contributed by atoms with E-state index in [4.69, 9.17) is 14.6 Å². The van der Waals surface area contributed by atoms with Gasteiger partial charge in [0.25, 0.3) is 0 Å². The summed E-state index contributed by atoms with van der Waals surface area (Å²) < 4.78 is 10.0. The maximum absolute atomic E-state index is 11.8. The Balaban J connectivity index is 1.97. The molecule has 4 atom stereocenters. The molecule has 0 aromatic rings. The van der Waals surface area contributed by atoms with E-state index in [2.05, 4.69) is 0 Å². The van der Waals surface area contributed by atoms with Gasteiger partial charge in [0.05, 0.1) is 18.4 Å². The fraction of sp³-hybridized carbons (Fsp3) is 0.667. The van der Waals surface area contributed by atoms with Gasteiger partial charge in [-0.15, -0.1) is 0 Å². The Kier molecular flexibility index (Phi) is 3.47. The molecule has 2 rings (SSSR count). The van der Waals surface area contributed by atoms with Gasteiger partial charge in [0.1, 0.15) is 12.7 Å². The van der Waals surface area contributed by atoms with Crippen molar-refractivity contribution >= 4 is 11.9 Å². The van der Waals surface area contributed by atoms with Crippen molar-refractivity contribution in [2.45, 2.75) is 19.4 Å². The standard InChI is InChI=1S/C12H16O5/c1-7-2-3-9(11(13)14)10(4-7)12(15)17-6-8-5-16-8/h2-3,7-10H,4-6H2,1H3,(H,13,14). The Labute approximate surface area is 99.4 Å². The second-order valence-electron chi connectivity index (χ2n) is 4.65. The second-order valence-corrected chi connectivity index (χ2v) is 4.65. The molecule has 0 spiro atoms. The second kappa shape index (κ2) is 4.87. The molecule has 17 heavy (non-hydrogen) atoms.